The van der Waals surface area contributed by atoms with Gasteiger partial charge in [-0.3, -0.25) is 5.84 Å². The Morgan fingerprint density at radius 1 is 1.36 bits per heavy atom. The maximum atomic E-state index is 12.1. The summed E-state index contributed by atoms with van der Waals surface area (Å²) < 4.78 is 36.7. The van der Waals surface area contributed by atoms with E-state index in [0.29, 0.717) is 4.47 Å². The van der Waals surface area contributed by atoms with Gasteiger partial charge in [-0.05, 0) is 39.8 Å². The van der Waals surface area contributed by atoms with E-state index in [-0.39, 0.29) is 22.3 Å². The van der Waals surface area contributed by atoms with Crippen LogP contribution < -0.4 is 11.3 Å². The summed E-state index contributed by atoms with van der Waals surface area (Å²) >= 11 is 2.81. The minimum Gasteiger partial charge on any atom is -0.323 e. The molecule has 0 aliphatic carbocycles. The van der Waals surface area contributed by atoms with Crippen molar-refractivity contribution in [3.8, 4) is 0 Å². The Kier molecular flexibility index (Phi) is 3.68. The Morgan fingerprint density at radius 3 is 2.50 bits per heavy atom. The first-order valence-electron chi connectivity index (χ1n) is 3.45. The maximum Gasteiger partial charge on any atom is 0.446 e. The van der Waals surface area contributed by atoms with Gasteiger partial charge in [0.1, 0.15) is 0 Å². The van der Waals surface area contributed by atoms with Crippen molar-refractivity contribution in [1.82, 2.24) is 0 Å². The van der Waals surface area contributed by atoms with Gasteiger partial charge in [0.15, 0.2) is 0 Å². The number of rotatable bonds is 2. The Hall–Kier alpha value is -0.400. The van der Waals surface area contributed by atoms with E-state index in [1.807, 2.05) is 0 Å². The lowest BCUT2D eigenvalue weighted by Crippen LogP contribution is -2.09. The summed E-state index contributed by atoms with van der Waals surface area (Å²) in [6, 6.07) is 4.59. The van der Waals surface area contributed by atoms with E-state index in [0.717, 1.165) is 0 Å². The number of benzene rings is 1. The molecule has 0 amide bonds. The van der Waals surface area contributed by atoms with Crippen LogP contribution in [-0.2, 0) is 0 Å². The quantitative estimate of drug-likeness (QED) is 0.497. The molecule has 0 fully saturated rings. The molecule has 1 aromatic carbocycles. The molecular weight excluding hydrogens is 281 g/mol. The zero-order chi connectivity index (χ0) is 10.8. The predicted molar refractivity (Wildman–Crippen MR) is 53.9 cm³/mol. The zero-order valence-electron chi connectivity index (χ0n) is 6.73. The number of nitrogen functional groups attached to an aromatic ring is 1. The molecule has 1 rings (SSSR count). The van der Waals surface area contributed by atoms with Crippen LogP contribution in [0.15, 0.2) is 27.6 Å². The zero-order valence-corrected chi connectivity index (χ0v) is 9.13. The van der Waals surface area contributed by atoms with E-state index in [4.69, 9.17) is 5.84 Å². The fourth-order valence-electron chi connectivity index (χ4n) is 0.842. The van der Waals surface area contributed by atoms with Gasteiger partial charge in [0.2, 0.25) is 0 Å². The van der Waals surface area contributed by atoms with Gasteiger partial charge < -0.3 is 5.43 Å². The molecule has 3 N–H and O–H groups in total. The molecule has 78 valence electrons. The third kappa shape index (κ3) is 3.07. The van der Waals surface area contributed by atoms with Crippen LogP contribution >= 0.6 is 27.7 Å². The molecule has 0 saturated heterocycles. The Balaban J connectivity index is 3.05. The molecule has 0 heterocycles. The second-order valence-corrected chi connectivity index (χ2v) is 4.24. The van der Waals surface area contributed by atoms with Gasteiger partial charge in [0.25, 0.3) is 0 Å². The number of anilines is 1. The first kappa shape index (κ1) is 11.7. The molecule has 14 heavy (non-hydrogen) atoms. The molecule has 2 nitrogen and oxygen atoms in total. The van der Waals surface area contributed by atoms with Gasteiger partial charge in [-0.2, -0.15) is 13.2 Å². The van der Waals surface area contributed by atoms with Crippen molar-refractivity contribution in [3.63, 3.8) is 0 Å². The molecular formula is C7H6BrF3N2S. The maximum absolute atomic E-state index is 12.1. The van der Waals surface area contributed by atoms with Crippen LogP contribution in [0.4, 0.5) is 18.9 Å². The molecule has 0 unspecified atom stereocenters. The lowest BCUT2D eigenvalue weighted by atomic mass is 10.3. The largest absolute Gasteiger partial charge is 0.446 e. The highest BCUT2D eigenvalue weighted by Crippen LogP contribution is 2.43. The molecule has 0 spiro atoms. The molecule has 0 atom stereocenters. The van der Waals surface area contributed by atoms with Crippen LogP contribution in [0.2, 0.25) is 0 Å². The Bertz CT molecular complexity index is 329. The lowest BCUT2D eigenvalue weighted by Gasteiger charge is -2.11. The number of halogens is 4. The van der Waals surface area contributed by atoms with E-state index in [1.165, 1.54) is 12.1 Å². The monoisotopic (exact) mass is 286 g/mol. The summed E-state index contributed by atoms with van der Waals surface area (Å²) in [7, 11) is 0. The average molecular weight is 287 g/mol. The number of nitrogens with two attached hydrogens (primary N) is 1. The minimum atomic E-state index is -4.32. The van der Waals surface area contributed by atoms with Crippen molar-refractivity contribution in [1.29, 1.82) is 0 Å². The summed E-state index contributed by atoms with van der Waals surface area (Å²) in [6.07, 6.45) is 0. The molecule has 0 saturated carbocycles. The number of hydrogen-bond donors (Lipinski definition) is 2. The van der Waals surface area contributed by atoms with Crippen LogP contribution in [0.3, 0.4) is 0 Å². The SMILES string of the molecule is NNc1cccc(Br)c1SC(F)(F)F. The minimum absolute atomic E-state index is 0.0301. The predicted octanol–water partition coefficient (Wildman–Crippen LogP) is 3.35. The summed E-state index contributed by atoms with van der Waals surface area (Å²) in [5.74, 6) is 5.09. The second-order valence-electron chi connectivity index (χ2n) is 2.31. The number of hydrogen-bond acceptors (Lipinski definition) is 3. The molecule has 0 aromatic heterocycles. The van der Waals surface area contributed by atoms with Crippen molar-refractivity contribution < 1.29 is 13.2 Å². The lowest BCUT2D eigenvalue weighted by molar-refractivity contribution is -0.0328. The highest BCUT2D eigenvalue weighted by molar-refractivity contribution is 9.10. The van der Waals surface area contributed by atoms with Gasteiger partial charge in [0.05, 0.1) is 10.6 Å². The van der Waals surface area contributed by atoms with Crippen LogP contribution in [0.1, 0.15) is 0 Å². The van der Waals surface area contributed by atoms with Gasteiger partial charge in [-0.1, -0.05) is 6.07 Å². The van der Waals surface area contributed by atoms with Gasteiger partial charge >= 0.3 is 5.51 Å². The van der Waals surface area contributed by atoms with Crippen molar-refractivity contribution in [2.24, 2.45) is 5.84 Å². The molecule has 7 heteroatoms. The summed E-state index contributed by atoms with van der Waals surface area (Å²) in [4.78, 5) is 0.0301. The van der Waals surface area contributed by atoms with Crippen molar-refractivity contribution in [2.45, 2.75) is 10.4 Å². The van der Waals surface area contributed by atoms with Gasteiger partial charge in [-0.25, -0.2) is 0 Å². The van der Waals surface area contributed by atoms with Crippen molar-refractivity contribution in [2.75, 3.05) is 5.43 Å². The van der Waals surface area contributed by atoms with Crippen LogP contribution in [0, 0.1) is 0 Å². The first-order chi connectivity index (χ1) is 6.44. The average Bonchev–Trinajstić information content (AvgIpc) is 2.06. The van der Waals surface area contributed by atoms with Gasteiger partial charge in [0, 0.05) is 4.47 Å². The van der Waals surface area contributed by atoms with E-state index >= 15 is 0 Å². The van der Waals surface area contributed by atoms with Gasteiger partial charge in [-0.15, -0.1) is 0 Å². The third-order valence-electron chi connectivity index (χ3n) is 1.34. The number of alkyl halides is 3. The summed E-state index contributed by atoms with van der Waals surface area (Å²) in [5, 5.41) is 0. The molecule has 0 aliphatic heterocycles. The highest BCUT2D eigenvalue weighted by Gasteiger charge is 2.31. The molecule has 0 aliphatic rings. The standard InChI is InChI=1S/C7H6BrF3N2S/c8-4-2-1-3-5(13-12)6(4)14-7(9,10)11/h1-3,13H,12H2. The number of hydrazine groups is 1. The Labute approximate surface area is 91.1 Å². The smallest absolute Gasteiger partial charge is 0.323 e. The van der Waals surface area contributed by atoms with Crippen molar-refractivity contribution in [3.05, 3.63) is 22.7 Å². The van der Waals surface area contributed by atoms with Crippen LogP contribution in [0.5, 0.6) is 0 Å². The number of nitrogens with one attached hydrogen (secondary N) is 1. The molecule has 0 radical (unpaired) electrons. The fourth-order valence-corrected chi connectivity index (χ4v) is 2.08. The topological polar surface area (TPSA) is 38.0 Å². The summed E-state index contributed by atoms with van der Waals surface area (Å²) in [6.45, 7) is 0. The molecule has 0 bridgehead atoms. The van der Waals surface area contributed by atoms with Crippen LogP contribution in [-0.4, -0.2) is 5.51 Å². The van der Waals surface area contributed by atoms with E-state index in [9.17, 15) is 13.2 Å². The highest BCUT2D eigenvalue weighted by atomic mass is 79.9. The normalized spacial score (nSPS) is 11.5. The van der Waals surface area contributed by atoms with Crippen LogP contribution in [0.25, 0.3) is 0 Å². The third-order valence-corrected chi connectivity index (χ3v) is 3.14. The number of thioether (sulfide) groups is 1. The second kappa shape index (κ2) is 4.41. The molecule has 1 aromatic rings. The van der Waals surface area contributed by atoms with E-state index in [1.54, 1.807) is 6.07 Å². The van der Waals surface area contributed by atoms with E-state index < -0.39 is 5.51 Å². The Morgan fingerprint density at radius 2 is 2.00 bits per heavy atom. The first-order valence-corrected chi connectivity index (χ1v) is 5.06. The summed E-state index contributed by atoms with van der Waals surface area (Å²) in [5.41, 5.74) is -1.88. The van der Waals surface area contributed by atoms with Crippen molar-refractivity contribution >= 4 is 33.4 Å². The van der Waals surface area contributed by atoms with E-state index in [2.05, 4.69) is 21.4 Å². The fraction of sp³-hybridized carbons (Fsp3) is 0.143.